The van der Waals surface area contributed by atoms with Crippen LogP contribution >= 0.6 is 0 Å². The molecule has 1 rings (SSSR count). The minimum atomic E-state index is -1.35. The summed E-state index contributed by atoms with van der Waals surface area (Å²) in [5.74, 6) is 0.519. The number of likely N-dealkylation sites (tertiary alicyclic amines) is 1. The fourth-order valence-corrected chi connectivity index (χ4v) is 2.54. The summed E-state index contributed by atoms with van der Waals surface area (Å²) in [5, 5.41) is 0. The van der Waals surface area contributed by atoms with Crippen molar-refractivity contribution in [2.45, 2.75) is 58.9 Å². The summed E-state index contributed by atoms with van der Waals surface area (Å²) in [6, 6.07) is 0. The third-order valence-electron chi connectivity index (χ3n) is 2.86. The number of ether oxygens (including phenoxy) is 1. The molecular weight excluding hydrogens is 256 g/mol. The minimum Gasteiger partial charge on any atom is -0.481 e. The van der Waals surface area contributed by atoms with Crippen LogP contribution in [0.2, 0.25) is 19.6 Å². The molecule has 1 aliphatic rings. The average Bonchev–Trinajstić information content (AvgIpc) is 2.23. The fraction of sp³-hybridized carbons (Fsp3) is 0.857. The van der Waals surface area contributed by atoms with Crippen LogP contribution in [0.3, 0.4) is 0 Å². The molecule has 0 aromatic rings. The second-order valence-electron chi connectivity index (χ2n) is 7.25. The van der Waals surface area contributed by atoms with E-state index in [0.29, 0.717) is 5.92 Å². The van der Waals surface area contributed by atoms with Gasteiger partial charge in [-0.05, 0) is 54.0 Å². The van der Waals surface area contributed by atoms with Gasteiger partial charge < -0.3 is 14.3 Å². The molecule has 0 bridgehead atoms. The smallest absolute Gasteiger partial charge is 0.410 e. The van der Waals surface area contributed by atoms with E-state index in [4.69, 9.17) is 4.74 Å². The minimum absolute atomic E-state index is 0.187. The molecule has 19 heavy (non-hydrogen) atoms. The number of rotatable bonds is 2. The van der Waals surface area contributed by atoms with Crippen molar-refractivity contribution in [3.05, 3.63) is 0 Å². The first-order valence-electron chi connectivity index (χ1n) is 7.10. The van der Waals surface area contributed by atoms with Crippen LogP contribution in [0.15, 0.2) is 4.66 Å². The number of hydrogen-bond acceptors (Lipinski definition) is 3. The van der Waals surface area contributed by atoms with Gasteiger partial charge in [0.25, 0.3) is 0 Å². The maximum atomic E-state index is 11.9. The molecule has 0 aromatic carbocycles. The van der Waals surface area contributed by atoms with Crippen molar-refractivity contribution in [3.63, 3.8) is 0 Å². The molecule has 1 aliphatic heterocycles. The van der Waals surface area contributed by atoms with Crippen LogP contribution in [0.1, 0.15) is 33.6 Å². The molecule has 0 atom stereocenters. The quantitative estimate of drug-likeness (QED) is 0.575. The lowest BCUT2D eigenvalue weighted by atomic mass is 9.99. The Bertz CT molecular complexity index is 334. The van der Waals surface area contributed by atoms with Crippen molar-refractivity contribution in [3.8, 4) is 0 Å². The van der Waals surface area contributed by atoms with Crippen molar-refractivity contribution < 1.29 is 9.53 Å². The largest absolute Gasteiger partial charge is 0.481 e. The van der Waals surface area contributed by atoms with Gasteiger partial charge in [-0.2, -0.15) is 19.6 Å². The Labute approximate surface area is 118 Å². The van der Waals surface area contributed by atoms with Gasteiger partial charge >= 0.3 is 6.09 Å². The van der Waals surface area contributed by atoms with Crippen LogP contribution in [0.5, 0.6) is 0 Å². The van der Waals surface area contributed by atoms with Crippen LogP contribution in [0.25, 0.3) is 0 Å². The number of nitrogens with zero attached hydrogens (tertiary/aromatic N) is 2. The van der Waals surface area contributed by atoms with Gasteiger partial charge in [0, 0.05) is 13.1 Å². The highest BCUT2D eigenvalue weighted by molar-refractivity contribution is 6.75. The predicted molar refractivity (Wildman–Crippen MR) is 82.4 cm³/mol. The van der Waals surface area contributed by atoms with E-state index in [0.717, 1.165) is 25.9 Å². The van der Waals surface area contributed by atoms with E-state index in [-0.39, 0.29) is 6.09 Å². The Hall–Kier alpha value is -0.843. The van der Waals surface area contributed by atoms with Crippen molar-refractivity contribution >= 4 is 20.5 Å². The van der Waals surface area contributed by atoms with E-state index in [2.05, 4.69) is 30.5 Å². The first kappa shape index (κ1) is 16.2. The van der Waals surface area contributed by atoms with Gasteiger partial charge in [0.05, 0.1) is 0 Å². The van der Waals surface area contributed by atoms with Gasteiger partial charge in [0.15, 0.2) is 0 Å². The fourth-order valence-electron chi connectivity index (χ4n) is 1.89. The third kappa shape index (κ3) is 6.75. The zero-order chi connectivity index (χ0) is 14.7. The lowest BCUT2D eigenvalue weighted by molar-refractivity contribution is 0.0203. The standard InChI is InChI=1S/C14H28N2O2Si/c1-14(2,3)18-13(17)16-9-7-12(8-10-16)11-15-19(4,5)6/h11-12H,7-10H2,1-6H3/q-1/b15-11-. The van der Waals surface area contributed by atoms with E-state index in [9.17, 15) is 4.79 Å². The van der Waals surface area contributed by atoms with Crippen molar-refractivity contribution in [1.29, 1.82) is 0 Å². The summed E-state index contributed by atoms with van der Waals surface area (Å²) in [4.78, 5) is 13.7. The highest BCUT2D eigenvalue weighted by Crippen LogP contribution is 2.19. The van der Waals surface area contributed by atoms with Gasteiger partial charge in [0.2, 0.25) is 0 Å². The van der Waals surface area contributed by atoms with E-state index < -0.39 is 13.8 Å². The highest BCUT2D eigenvalue weighted by Gasteiger charge is 2.25. The Balaban J connectivity index is 2.41. The van der Waals surface area contributed by atoms with E-state index >= 15 is 0 Å². The van der Waals surface area contributed by atoms with E-state index in [1.165, 1.54) is 0 Å². The molecule has 111 valence electrons. The molecule has 1 saturated heterocycles. The molecule has 0 aliphatic carbocycles. The number of carbonyl (C=O) groups is 1. The number of amides is 1. The van der Waals surface area contributed by atoms with Gasteiger partial charge in [-0.15, -0.1) is 0 Å². The zero-order valence-electron chi connectivity index (χ0n) is 13.2. The van der Waals surface area contributed by atoms with Crippen molar-refractivity contribution in [2.75, 3.05) is 13.1 Å². The summed E-state index contributed by atoms with van der Waals surface area (Å²) in [6.07, 6.45) is 3.92. The normalized spacial score (nSPS) is 18.9. The molecule has 0 radical (unpaired) electrons. The SMILES string of the molecule is CC(C)(C)OC(=O)N1CCC(/C=N\[Si-](C)(C)C)CC1. The average molecular weight is 284 g/mol. The van der Waals surface area contributed by atoms with Gasteiger partial charge in [-0.1, -0.05) is 0 Å². The Kier molecular flexibility index (Phi) is 5.18. The number of piperidine rings is 1. The molecule has 4 nitrogen and oxygen atoms in total. The molecule has 1 amide bonds. The molecule has 0 unspecified atom stereocenters. The summed E-state index contributed by atoms with van der Waals surface area (Å²) in [7, 11) is -1.35. The molecule has 0 aromatic heterocycles. The van der Waals surface area contributed by atoms with Crippen LogP contribution in [0, 0.1) is 5.92 Å². The van der Waals surface area contributed by atoms with Crippen molar-refractivity contribution in [2.24, 2.45) is 10.6 Å². The monoisotopic (exact) mass is 284 g/mol. The summed E-state index contributed by atoms with van der Waals surface area (Å²) >= 11 is 0. The molecular formula is C14H28N2O2Si-. The van der Waals surface area contributed by atoms with E-state index in [1.54, 1.807) is 0 Å². The van der Waals surface area contributed by atoms with Gasteiger partial charge in [-0.3, -0.25) is 0 Å². The summed E-state index contributed by atoms with van der Waals surface area (Å²) in [6.45, 7) is 14.0. The third-order valence-corrected chi connectivity index (χ3v) is 3.79. The lowest BCUT2D eigenvalue weighted by Crippen LogP contribution is -2.42. The molecule has 5 heteroatoms. The zero-order valence-corrected chi connectivity index (χ0v) is 14.2. The van der Waals surface area contributed by atoms with Crippen LogP contribution in [-0.2, 0) is 4.74 Å². The molecule has 0 N–H and O–H groups in total. The Morgan fingerprint density at radius 1 is 1.26 bits per heavy atom. The molecule has 0 saturated carbocycles. The molecule has 0 spiro atoms. The maximum Gasteiger partial charge on any atom is 0.410 e. The predicted octanol–water partition coefficient (Wildman–Crippen LogP) is 3.54. The van der Waals surface area contributed by atoms with Gasteiger partial charge in [0.1, 0.15) is 5.60 Å². The second kappa shape index (κ2) is 6.07. The van der Waals surface area contributed by atoms with E-state index in [1.807, 2.05) is 25.7 Å². The van der Waals surface area contributed by atoms with Crippen LogP contribution in [0.4, 0.5) is 4.79 Å². The Morgan fingerprint density at radius 2 is 1.79 bits per heavy atom. The lowest BCUT2D eigenvalue weighted by Gasteiger charge is -2.33. The van der Waals surface area contributed by atoms with Crippen LogP contribution in [-0.4, -0.2) is 44.1 Å². The summed E-state index contributed by atoms with van der Waals surface area (Å²) < 4.78 is 10.1. The highest BCUT2D eigenvalue weighted by atomic mass is 28.3. The second-order valence-corrected chi connectivity index (χ2v) is 11.9. The Morgan fingerprint density at radius 3 is 2.21 bits per heavy atom. The van der Waals surface area contributed by atoms with Gasteiger partial charge in [-0.25, -0.2) is 4.79 Å². The van der Waals surface area contributed by atoms with Crippen LogP contribution < -0.4 is 0 Å². The summed E-state index contributed by atoms with van der Waals surface area (Å²) in [5.41, 5.74) is -0.409. The number of hydrogen-bond donors (Lipinski definition) is 0. The first-order chi connectivity index (χ1) is 8.57. The maximum absolute atomic E-state index is 11.9. The number of carbonyl (C=O) groups excluding carboxylic acids is 1. The molecule has 1 fully saturated rings. The van der Waals surface area contributed by atoms with Crippen molar-refractivity contribution in [1.82, 2.24) is 4.90 Å². The topological polar surface area (TPSA) is 41.9 Å². The molecule has 1 heterocycles. The first-order valence-corrected chi connectivity index (χ1v) is 10.5.